The molecule has 1 atom stereocenters. The third-order valence-electron chi connectivity index (χ3n) is 4.51. The fourth-order valence-electron chi connectivity index (χ4n) is 2.79. The molecule has 1 unspecified atom stereocenters. The first kappa shape index (κ1) is 16.9. The van der Waals surface area contributed by atoms with Crippen molar-refractivity contribution < 1.29 is 19.1 Å². The Kier molecular flexibility index (Phi) is 4.14. The minimum absolute atomic E-state index is 0.282. The highest BCUT2D eigenvalue weighted by Crippen LogP contribution is 2.28. The molecule has 0 aromatic heterocycles. The molecule has 0 saturated heterocycles. The largest absolute Gasteiger partial charge is 0.364 e. The van der Waals surface area contributed by atoms with Gasteiger partial charge in [0.15, 0.2) is 5.60 Å². The van der Waals surface area contributed by atoms with E-state index in [1.807, 2.05) is 30.3 Å². The molecule has 2 aromatic carbocycles. The predicted octanol–water partition coefficient (Wildman–Crippen LogP) is 2.41. The maximum Gasteiger partial charge on any atom is 0.261 e. The monoisotopic (exact) mass is 338 g/mol. The van der Waals surface area contributed by atoms with Gasteiger partial charge in [-0.15, -0.1) is 0 Å². The molecule has 0 spiro atoms. The standard InChI is InChI=1S/C19H18N2O4/c1-19(25-3,12-7-5-4-6-8-12)18(24)20-13-9-10-14-15(11-13)17(23)21(2)16(14)22/h4-11H,1-3H3,(H,20,24). The zero-order chi connectivity index (χ0) is 18.2. The van der Waals surface area contributed by atoms with Crippen LogP contribution in [-0.4, -0.2) is 36.8 Å². The number of hydrogen-bond donors (Lipinski definition) is 1. The molecular weight excluding hydrogens is 320 g/mol. The summed E-state index contributed by atoms with van der Waals surface area (Å²) >= 11 is 0. The Morgan fingerprint density at radius 1 is 1.04 bits per heavy atom. The van der Waals surface area contributed by atoms with Gasteiger partial charge in [0.25, 0.3) is 17.7 Å². The van der Waals surface area contributed by atoms with E-state index in [9.17, 15) is 14.4 Å². The second-order valence-corrected chi connectivity index (χ2v) is 5.99. The fraction of sp³-hybridized carbons (Fsp3) is 0.211. The first-order chi connectivity index (χ1) is 11.9. The summed E-state index contributed by atoms with van der Waals surface area (Å²) in [7, 11) is 2.90. The van der Waals surface area contributed by atoms with Gasteiger partial charge < -0.3 is 10.1 Å². The van der Waals surface area contributed by atoms with Gasteiger partial charge in [-0.05, 0) is 30.7 Å². The molecule has 2 aromatic rings. The number of amides is 3. The van der Waals surface area contributed by atoms with E-state index in [1.54, 1.807) is 19.1 Å². The number of nitrogens with zero attached hydrogens (tertiary/aromatic N) is 1. The lowest BCUT2D eigenvalue weighted by atomic mass is 9.94. The molecule has 0 fully saturated rings. The molecule has 128 valence electrons. The van der Waals surface area contributed by atoms with Crippen molar-refractivity contribution >= 4 is 23.4 Å². The normalized spacial score (nSPS) is 15.7. The molecule has 0 radical (unpaired) electrons. The molecule has 1 heterocycles. The molecule has 0 bridgehead atoms. The Balaban J connectivity index is 1.89. The van der Waals surface area contributed by atoms with Crippen molar-refractivity contribution in [2.45, 2.75) is 12.5 Å². The number of carbonyl (C=O) groups is 3. The van der Waals surface area contributed by atoms with E-state index in [0.29, 0.717) is 16.8 Å². The summed E-state index contributed by atoms with van der Waals surface area (Å²) in [6, 6.07) is 13.8. The second-order valence-electron chi connectivity index (χ2n) is 5.99. The van der Waals surface area contributed by atoms with Crippen LogP contribution in [0.2, 0.25) is 0 Å². The number of anilines is 1. The molecule has 25 heavy (non-hydrogen) atoms. The number of rotatable bonds is 4. The van der Waals surface area contributed by atoms with Crippen LogP contribution in [0.25, 0.3) is 0 Å². The van der Waals surface area contributed by atoms with E-state index in [0.717, 1.165) is 4.90 Å². The highest BCUT2D eigenvalue weighted by Gasteiger charge is 2.36. The van der Waals surface area contributed by atoms with E-state index < -0.39 is 5.60 Å². The molecule has 3 amide bonds. The van der Waals surface area contributed by atoms with Crippen LogP contribution in [-0.2, 0) is 15.1 Å². The van der Waals surface area contributed by atoms with Crippen molar-refractivity contribution in [3.63, 3.8) is 0 Å². The summed E-state index contributed by atoms with van der Waals surface area (Å²) in [6.45, 7) is 1.67. The summed E-state index contributed by atoms with van der Waals surface area (Å²) in [5.74, 6) is -1.09. The molecule has 0 aliphatic carbocycles. The summed E-state index contributed by atoms with van der Waals surface area (Å²) in [5, 5.41) is 2.77. The highest BCUT2D eigenvalue weighted by molar-refractivity contribution is 6.21. The van der Waals surface area contributed by atoms with Gasteiger partial charge in [-0.1, -0.05) is 30.3 Å². The van der Waals surface area contributed by atoms with Crippen molar-refractivity contribution in [2.75, 3.05) is 19.5 Å². The van der Waals surface area contributed by atoms with Crippen LogP contribution in [0, 0.1) is 0 Å². The van der Waals surface area contributed by atoms with Crippen LogP contribution >= 0.6 is 0 Å². The van der Waals surface area contributed by atoms with Crippen LogP contribution in [0.4, 0.5) is 5.69 Å². The van der Waals surface area contributed by atoms with Gasteiger partial charge in [0.2, 0.25) is 0 Å². The smallest absolute Gasteiger partial charge is 0.261 e. The second kappa shape index (κ2) is 6.14. The first-order valence-corrected chi connectivity index (χ1v) is 7.77. The van der Waals surface area contributed by atoms with Crippen molar-refractivity contribution in [3.05, 3.63) is 65.2 Å². The van der Waals surface area contributed by atoms with Crippen molar-refractivity contribution in [3.8, 4) is 0 Å². The van der Waals surface area contributed by atoms with Gasteiger partial charge in [-0.2, -0.15) is 0 Å². The average molecular weight is 338 g/mol. The van der Waals surface area contributed by atoms with Crippen molar-refractivity contribution in [1.82, 2.24) is 4.90 Å². The third kappa shape index (κ3) is 2.70. The topological polar surface area (TPSA) is 75.7 Å². The Morgan fingerprint density at radius 3 is 2.32 bits per heavy atom. The third-order valence-corrected chi connectivity index (χ3v) is 4.51. The maximum absolute atomic E-state index is 12.8. The zero-order valence-corrected chi connectivity index (χ0v) is 14.2. The minimum Gasteiger partial charge on any atom is -0.364 e. The van der Waals surface area contributed by atoms with Gasteiger partial charge in [0.05, 0.1) is 11.1 Å². The number of hydrogen-bond acceptors (Lipinski definition) is 4. The van der Waals surface area contributed by atoms with Crippen molar-refractivity contribution in [2.24, 2.45) is 0 Å². The Morgan fingerprint density at radius 2 is 1.68 bits per heavy atom. The van der Waals surface area contributed by atoms with Gasteiger partial charge in [0.1, 0.15) is 0 Å². The number of ether oxygens (including phenoxy) is 1. The van der Waals surface area contributed by atoms with Crippen LogP contribution in [0.1, 0.15) is 33.2 Å². The molecule has 6 nitrogen and oxygen atoms in total. The Hall–Kier alpha value is -2.99. The molecule has 0 saturated carbocycles. The van der Waals surface area contributed by atoms with Crippen LogP contribution in [0.15, 0.2) is 48.5 Å². The first-order valence-electron chi connectivity index (χ1n) is 7.77. The molecule has 1 N–H and O–H groups in total. The average Bonchev–Trinajstić information content (AvgIpc) is 2.85. The SMILES string of the molecule is COC(C)(C(=O)Nc1ccc2c(c1)C(=O)N(C)C2=O)c1ccccc1. The number of methoxy groups -OCH3 is 1. The van der Waals surface area contributed by atoms with Crippen LogP contribution in [0.5, 0.6) is 0 Å². The van der Waals surface area contributed by atoms with E-state index in [-0.39, 0.29) is 23.3 Å². The highest BCUT2D eigenvalue weighted by atomic mass is 16.5. The van der Waals surface area contributed by atoms with E-state index in [2.05, 4.69) is 5.32 Å². The molecule has 1 aliphatic heterocycles. The van der Waals surface area contributed by atoms with E-state index in [1.165, 1.54) is 20.2 Å². The fourth-order valence-corrected chi connectivity index (χ4v) is 2.79. The molecular formula is C19H18N2O4. The Bertz CT molecular complexity index is 863. The summed E-state index contributed by atoms with van der Waals surface area (Å²) < 4.78 is 5.46. The molecule has 6 heteroatoms. The van der Waals surface area contributed by atoms with Gasteiger partial charge in [-0.3, -0.25) is 19.3 Å². The van der Waals surface area contributed by atoms with Gasteiger partial charge in [-0.25, -0.2) is 0 Å². The molecule has 3 rings (SSSR count). The Labute approximate surface area is 145 Å². The lowest BCUT2D eigenvalue weighted by molar-refractivity contribution is -0.136. The zero-order valence-electron chi connectivity index (χ0n) is 14.2. The lowest BCUT2D eigenvalue weighted by Gasteiger charge is -2.27. The van der Waals surface area contributed by atoms with Crippen LogP contribution < -0.4 is 5.32 Å². The maximum atomic E-state index is 12.8. The van der Waals surface area contributed by atoms with Gasteiger partial charge >= 0.3 is 0 Å². The van der Waals surface area contributed by atoms with Crippen LogP contribution in [0.3, 0.4) is 0 Å². The van der Waals surface area contributed by atoms with Crippen molar-refractivity contribution in [1.29, 1.82) is 0 Å². The molecule has 1 aliphatic rings. The number of benzene rings is 2. The number of fused-ring (bicyclic) bond motifs is 1. The minimum atomic E-state index is -1.18. The van der Waals surface area contributed by atoms with E-state index >= 15 is 0 Å². The summed E-state index contributed by atoms with van der Waals surface area (Å²) in [4.78, 5) is 37.8. The summed E-state index contributed by atoms with van der Waals surface area (Å²) in [6.07, 6.45) is 0. The quantitative estimate of drug-likeness (QED) is 0.869. The number of carbonyl (C=O) groups excluding carboxylic acids is 3. The summed E-state index contributed by atoms with van der Waals surface area (Å²) in [5.41, 5.74) is 0.574. The predicted molar refractivity (Wildman–Crippen MR) is 92.3 cm³/mol. The van der Waals surface area contributed by atoms with E-state index in [4.69, 9.17) is 4.74 Å². The lowest BCUT2D eigenvalue weighted by Crippen LogP contribution is -2.39. The number of nitrogens with one attached hydrogen (secondary N) is 1. The number of imide groups is 1. The van der Waals surface area contributed by atoms with Gasteiger partial charge in [0, 0.05) is 19.8 Å².